The second-order valence-electron chi connectivity index (χ2n) is 3.47. The van der Waals surface area contributed by atoms with Gasteiger partial charge in [0.1, 0.15) is 5.76 Å². The normalized spacial score (nSPS) is 48.3. The monoisotopic (exact) mass is 164 g/mol. The van der Waals surface area contributed by atoms with Crippen molar-refractivity contribution < 1.29 is 14.6 Å². The molecule has 12 heavy (non-hydrogen) atoms. The predicted molar refractivity (Wildman–Crippen MR) is 40.5 cm³/mol. The van der Waals surface area contributed by atoms with Crippen LogP contribution in [-0.2, 0) is 9.53 Å². The summed E-state index contributed by atoms with van der Waals surface area (Å²) in [7, 11) is 0. The van der Waals surface area contributed by atoms with E-state index in [4.69, 9.17) is 4.74 Å². The van der Waals surface area contributed by atoms with Gasteiger partial charge in [0.05, 0.1) is 24.0 Å². The van der Waals surface area contributed by atoms with Crippen LogP contribution in [0.4, 0.5) is 0 Å². The molecule has 0 aromatic rings. The van der Waals surface area contributed by atoms with Crippen LogP contribution >= 0.6 is 0 Å². The molecule has 2 heterocycles. The highest BCUT2D eigenvalue weighted by molar-refractivity contribution is 5.96. The fourth-order valence-electron chi connectivity index (χ4n) is 2.34. The molecule has 2 bridgehead atoms. The molecule has 1 fully saturated rings. The summed E-state index contributed by atoms with van der Waals surface area (Å²) in [5.41, 5.74) is 0. The van der Waals surface area contributed by atoms with E-state index in [1.165, 1.54) is 6.08 Å². The third-order valence-electron chi connectivity index (χ3n) is 2.86. The molecule has 3 nitrogen and oxygen atoms in total. The van der Waals surface area contributed by atoms with E-state index in [0.717, 1.165) is 0 Å². The van der Waals surface area contributed by atoms with E-state index < -0.39 is 0 Å². The quantitative estimate of drug-likeness (QED) is 0.533. The molecule has 3 rings (SSSR count). The van der Waals surface area contributed by atoms with Gasteiger partial charge in [-0.1, -0.05) is 12.2 Å². The molecule has 0 unspecified atom stereocenters. The molecule has 3 aliphatic rings. The highest BCUT2D eigenvalue weighted by Crippen LogP contribution is 2.46. The van der Waals surface area contributed by atoms with Crippen molar-refractivity contribution in [2.45, 2.75) is 12.2 Å². The highest BCUT2D eigenvalue weighted by atomic mass is 16.5. The van der Waals surface area contributed by atoms with E-state index in [1.54, 1.807) is 0 Å². The highest BCUT2D eigenvalue weighted by Gasteiger charge is 2.53. The second-order valence-corrected chi connectivity index (χ2v) is 3.47. The van der Waals surface area contributed by atoms with Crippen LogP contribution in [0.1, 0.15) is 0 Å². The summed E-state index contributed by atoms with van der Waals surface area (Å²) in [4.78, 5) is 11.3. The molecule has 4 atom stereocenters. The van der Waals surface area contributed by atoms with Crippen molar-refractivity contribution in [3.8, 4) is 0 Å². The van der Waals surface area contributed by atoms with Crippen LogP contribution in [0.25, 0.3) is 0 Å². The number of ketones is 1. The molecule has 62 valence electrons. The van der Waals surface area contributed by atoms with Gasteiger partial charge in [-0.3, -0.25) is 4.79 Å². The molecule has 1 aliphatic carbocycles. The Morgan fingerprint density at radius 3 is 2.58 bits per heavy atom. The van der Waals surface area contributed by atoms with Crippen LogP contribution in [-0.4, -0.2) is 23.1 Å². The Balaban J connectivity index is 2.09. The molecule has 1 saturated heterocycles. The Morgan fingerprint density at radius 1 is 1.25 bits per heavy atom. The van der Waals surface area contributed by atoms with E-state index >= 15 is 0 Å². The average Bonchev–Trinajstić information content (AvgIpc) is 2.64. The largest absolute Gasteiger partial charge is 0.512 e. The molecule has 2 aliphatic heterocycles. The van der Waals surface area contributed by atoms with Gasteiger partial charge in [0.25, 0.3) is 0 Å². The first-order chi connectivity index (χ1) is 5.77. The predicted octanol–water partition coefficient (Wildman–Crippen LogP) is 0.581. The lowest BCUT2D eigenvalue weighted by Crippen LogP contribution is -2.25. The number of carbonyl (C=O) groups is 1. The zero-order chi connectivity index (χ0) is 8.29. The first-order valence-corrected chi connectivity index (χ1v) is 4.05. The van der Waals surface area contributed by atoms with Crippen molar-refractivity contribution in [3.05, 3.63) is 24.0 Å². The summed E-state index contributed by atoms with van der Waals surface area (Å²) in [5, 5.41) is 9.42. The second kappa shape index (κ2) is 1.80. The van der Waals surface area contributed by atoms with Gasteiger partial charge in [-0.25, -0.2) is 0 Å². The maximum absolute atomic E-state index is 11.3. The summed E-state index contributed by atoms with van der Waals surface area (Å²) in [5.74, 6) is -0.0244. The first-order valence-electron chi connectivity index (χ1n) is 4.05. The smallest absolute Gasteiger partial charge is 0.165 e. The maximum atomic E-state index is 11.3. The van der Waals surface area contributed by atoms with Crippen molar-refractivity contribution >= 4 is 5.78 Å². The summed E-state index contributed by atoms with van der Waals surface area (Å²) in [6.07, 6.45) is 5.02. The number of aliphatic hydroxyl groups is 1. The van der Waals surface area contributed by atoms with E-state index in [1.807, 2.05) is 12.2 Å². The van der Waals surface area contributed by atoms with Gasteiger partial charge in [0.2, 0.25) is 0 Å². The number of rotatable bonds is 0. The van der Waals surface area contributed by atoms with E-state index in [0.29, 0.717) is 0 Å². The topological polar surface area (TPSA) is 46.5 Å². The minimum Gasteiger partial charge on any atom is -0.512 e. The Kier molecular flexibility index (Phi) is 0.964. The summed E-state index contributed by atoms with van der Waals surface area (Å²) >= 11 is 0. The number of allylic oxidation sites excluding steroid dienone is 1. The van der Waals surface area contributed by atoms with Crippen LogP contribution in [0.15, 0.2) is 24.0 Å². The first kappa shape index (κ1) is 6.43. The molecular weight excluding hydrogens is 156 g/mol. The molecule has 0 radical (unpaired) electrons. The third-order valence-corrected chi connectivity index (χ3v) is 2.86. The van der Waals surface area contributed by atoms with E-state index in [-0.39, 0.29) is 35.6 Å². The zero-order valence-corrected chi connectivity index (χ0v) is 6.31. The lowest BCUT2D eigenvalue weighted by molar-refractivity contribution is -0.118. The Labute approximate surface area is 69.3 Å². The van der Waals surface area contributed by atoms with Crippen molar-refractivity contribution in [2.24, 2.45) is 11.8 Å². The fourth-order valence-corrected chi connectivity index (χ4v) is 2.34. The number of ether oxygens (including phenoxy) is 1. The van der Waals surface area contributed by atoms with Gasteiger partial charge in [-0.05, 0) is 0 Å². The fraction of sp³-hybridized carbons (Fsp3) is 0.444. The van der Waals surface area contributed by atoms with Crippen molar-refractivity contribution in [2.75, 3.05) is 0 Å². The number of hydrogen-bond acceptors (Lipinski definition) is 3. The molecule has 0 saturated carbocycles. The van der Waals surface area contributed by atoms with Crippen molar-refractivity contribution in [3.63, 3.8) is 0 Å². The maximum Gasteiger partial charge on any atom is 0.165 e. The van der Waals surface area contributed by atoms with Gasteiger partial charge >= 0.3 is 0 Å². The molecule has 0 amide bonds. The van der Waals surface area contributed by atoms with Gasteiger partial charge in [-0.15, -0.1) is 0 Å². The summed E-state index contributed by atoms with van der Waals surface area (Å²) < 4.78 is 5.45. The summed E-state index contributed by atoms with van der Waals surface area (Å²) in [6.45, 7) is 0. The van der Waals surface area contributed by atoms with Crippen molar-refractivity contribution in [1.82, 2.24) is 0 Å². The van der Waals surface area contributed by atoms with Gasteiger partial charge < -0.3 is 9.84 Å². The minimum absolute atomic E-state index is 0.00866. The van der Waals surface area contributed by atoms with E-state index in [2.05, 4.69) is 0 Å². The van der Waals surface area contributed by atoms with Gasteiger partial charge in [0, 0.05) is 6.08 Å². The van der Waals surface area contributed by atoms with Gasteiger partial charge in [-0.2, -0.15) is 0 Å². The average molecular weight is 164 g/mol. The van der Waals surface area contributed by atoms with Gasteiger partial charge in [0.15, 0.2) is 5.78 Å². The molecule has 0 spiro atoms. The Hall–Kier alpha value is -1.09. The molecule has 0 aromatic carbocycles. The number of carbonyl (C=O) groups excluding carboxylic acids is 1. The lowest BCUT2D eigenvalue weighted by Gasteiger charge is -2.15. The zero-order valence-electron chi connectivity index (χ0n) is 6.31. The van der Waals surface area contributed by atoms with Crippen LogP contribution < -0.4 is 0 Å². The molecule has 1 N–H and O–H groups in total. The lowest BCUT2D eigenvalue weighted by atomic mass is 9.84. The molecule has 3 heteroatoms. The van der Waals surface area contributed by atoms with Crippen molar-refractivity contribution in [1.29, 1.82) is 0 Å². The van der Waals surface area contributed by atoms with E-state index in [9.17, 15) is 9.90 Å². The molecule has 0 aromatic heterocycles. The number of fused-ring (bicyclic) bond motifs is 5. The van der Waals surface area contributed by atoms with Crippen LogP contribution in [0.3, 0.4) is 0 Å². The number of aliphatic hydroxyl groups excluding tert-OH is 1. The number of hydrogen-bond donors (Lipinski definition) is 1. The Bertz CT molecular complexity index is 316. The van der Waals surface area contributed by atoms with Crippen LogP contribution in [0, 0.1) is 11.8 Å². The standard InChI is InChI=1S/C9H8O3/c10-4-3-5(11)9-7-2-1-6(12-7)8(4)9/h1-3,6-10H/t6-,7-,8+,9-/m1/s1. The third kappa shape index (κ3) is 0.547. The Morgan fingerprint density at radius 2 is 1.92 bits per heavy atom. The molecular formula is C9H8O3. The van der Waals surface area contributed by atoms with Crippen LogP contribution in [0.2, 0.25) is 0 Å². The minimum atomic E-state index is -0.139. The van der Waals surface area contributed by atoms with Crippen LogP contribution in [0.5, 0.6) is 0 Å². The SMILES string of the molecule is O=C1C=C(O)[C@@H]2[C@H]1[C@H]1C=C[C@H]2O1. The summed E-state index contributed by atoms with van der Waals surface area (Å²) in [6, 6.07) is 0.